The molecule has 156 valence electrons. The van der Waals surface area contributed by atoms with Gasteiger partial charge in [-0.05, 0) is 29.1 Å². The topological polar surface area (TPSA) is 77.0 Å². The second-order valence-corrected chi connectivity index (χ2v) is 9.86. The van der Waals surface area contributed by atoms with Gasteiger partial charge in [0, 0.05) is 10.6 Å². The monoisotopic (exact) mass is 465 g/mol. The number of carbonyl (C=O) groups is 1. The van der Waals surface area contributed by atoms with Crippen molar-refractivity contribution >= 4 is 46.5 Å². The zero-order chi connectivity index (χ0) is 21.2. The Hall–Kier alpha value is -2.75. The van der Waals surface area contributed by atoms with Crippen LogP contribution in [-0.4, -0.2) is 32.3 Å². The van der Waals surface area contributed by atoms with Crippen LogP contribution in [0.25, 0.3) is 10.7 Å². The summed E-state index contributed by atoms with van der Waals surface area (Å²) in [6.45, 7) is 0. The lowest BCUT2D eigenvalue weighted by Gasteiger charge is -2.37. The maximum absolute atomic E-state index is 13.5. The molecular formula is C22H19N5OS3. The fourth-order valence-electron chi connectivity index (χ4n) is 3.56. The molecule has 1 unspecified atom stereocenters. The van der Waals surface area contributed by atoms with E-state index in [2.05, 4.69) is 28.4 Å². The minimum absolute atomic E-state index is 0.0206. The predicted octanol–water partition coefficient (Wildman–Crippen LogP) is 4.69. The van der Waals surface area contributed by atoms with Crippen molar-refractivity contribution in [1.29, 1.82) is 0 Å². The molecule has 0 radical (unpaired) electrons. The van der Waals surface area contributed by atoms with Gasteiger partial charge >= 0.3 is 0 Å². The van der Waals surface area contributed by atoms with E-state index >= 15 is 0 Å². The number of anilines is 1. The lowest BCUT2D eigenvalue weighted by molar-refractivity contribution is -0.116. The number of nitrogen functional groups attached to an aromatic ring is 1. The Labute approximate surface area is 192 Å². The number of thiophene rings is 1. The zero-order valence-electron chi connectivity index (χ0n) is 16.4. The van der Waals surface area contributed by atoms with Crippen molar-refractivity contribution in [2.45, 2.75) is 16.1 Å². The first-order valence-electron chi connectivity index (χ1n) is 9.68. The number of benzene rings is 2. The summed E-state index contributed by atoms with van der Waals surface area (Å²) in [6.07, 6.45) is 0. The van der Waals surface area contributed by atoms with Gasteiger partial charge in [-0.2, -0.15) is 0 Å². The van der Waals surface area contributed by atoms with Crippen LogP contribution in [0.3, 0.4) is 0 Å². The quantitative estimate of drug-likeness (QED) is 0.340. The van der Waals surface area contributed by atoms with Crippen molar-refractivity contribution in [2.75, 3.05) is 22.2 Å². The molecule has 9 heteroatoms. The highest BCUT2D eigenvalue weighted by Crippen LogP contribution is 2.43. The lowest BCUT2D eigenvalue weighted by atomic mass is 10.1. The Bertz CT molecular complexity index is 1190. The normalized spacial score (nSPS) is 15.6. The van der Waals surface area contributed by atoms with Gasteiger partial charge in [-0.25, -0.2) is 4.68 Å². The zero-order valence-corrected chi connectivity index (χ0v) is 18.9. The smallest absolute Gasteiger partial charge is 0.238 e. The molecule has 3 heterocycles. The molecular weight excluding hydrogens is 446 g/mol. The van der Waals surface area contributed by atoms with Crippen LogP contribution in [0, 0.1) is 0 Å². The van der Waals surface area contributed by atoms with Crippen LogP contribution in [0.5, 0.6) is 0 Å². The van der Waals surface area contributed by atoms with Crippen LogP contribution < -0.4 is 10.7 Å². The highest BCUT2D eigenvalue weighted by atomic mass is 32.2. The van der Waals surface area contributed by atoms with Crippen molar-refractivity contribution in [2.24, 2.45) is 0 Å². The highest BCUT2D eigenvalue weighted by molar-refractivity contribution is 8.00. The van der Waals surface area contributed by atoms with E-state index in [1.165, 1.54) is 16.4 Å². The first-order valence-corrected chi connectivity index (χ1v) is 12.5. The molecule has 1 amide bonds. The van der Waals surface area contributed by atoms with Crippen LogP contribution in [0.2, 0.25) is 0 Å². The van der Waals surface area contributed by atoms with Crippen LogP contribution in [0.1, 0.15) is 11.6 Å². The molecule has 2 N–H and O–H groups in total. The fourth-order valence-corrected chi connectivity index (χ4v) is 6.15. The van der Waals surface area contributed by atoms with Crippen LogP contribution in [0.15, 0.2) is 82.2 Å². The molecule has 0 spiro atoms. The van der Waals surface area contributed by atoms with Crippen LogP contribution in [-0.2, 0) is 4.79 Å². The van der Waals surface area contributed by atoms with Gasteiger partial charge in [0.1, 0.15) is 0 Å². The number of fused-ring (bicyclic) bond motifs is 1. The van der Waals surface area contributed by atoms with E-state index < -0.39 is 0 Å². The molecule has 5 rings (SSSR count). The maximum Gasteiger partial charge on any atom is 0.238 e. The van der Waals surface area contributed by atoms with Gasteiger partial charge in [-0.15, -0.1) is 33.3 Å². The molecule has 6 nitrogen and oxygen atoms in total. The summed E-state index contributed by atoms with van der Waals surface area (Å²) in [5.74, 6) is 7.86. The number of hydrogen-bond donors (Lipinski definition) is 1. The van der Waals surface area contributed by atoms with Crippen LogP contribution in [0.4, 0.5) is 5.69 Å². The van der Waals surface area contributed by atoms with E-state index in [1.54, 1.807) is 23.1 Å². The van der Waals surface area contributed by atoms with Gasteiger partial charge in [-0.1, -0.05) is 60.3 Å². The molecule has 31 heavy (non-hydrogen) atoms. The molecule has 1 aliphatic rings. The number of rotatable bonds is 5. The second kappa shape index (κ2) is 8.78. The Kier molecular flexibility index (Phi) is 5.71. The molecule has 0 aliphatic carbocycles. The Morgan fingerprint density at radius 2 is 1.87 bits per heavy atom. The second-order valence-electron chi connectivity index (χ2n) is 6.91. The van der Waals surface area contributed by atoms with Crippen molar-refractivity contribution in [3.05, 3.63) is 77.7 Å². The van der Waals surface area contributed by atoms with Gasteiger partial charge in [0.2, 0.25) is 11.1 Å². The molecule has 0 saturated carbocycles. The van der Waals surface area contributed by atoms with Crippen LogP contribution >= 0.6 is 34.9 Å². The standard InChI is InChI=1S/C22H19N5OS3/c23-27-21(19-11-6-12-29-19)24-25-22(27)31-14-20(28)26-16-9-4-5-10-18(16)30-13-17(26)15-7-2-1-3-8-15/h1-12,17H,13-14,23H2. The fraction of sp³-hybridized carbons (Fsp3) is 0.136. The van der Waals surface area contributed by atoms with E-state index in [0.717, 1.165) is 26.8 Å². The maximum atomic E-state index is 13.5. The Morgan fingerprint density at radius 3 is 2.68 bits per heavy atom. The summed E-state index contributed by atoms with van der Waals surface area (Å²) in [6, 6.07) is 22.1. The molecule has 2 aromatic heterocycles. The summed E-state index contributed by atoms with van der Waals surface area (Å²) in [5, 5.41) is 10.9. The lowest BCUT2D eigenvalue weighted by Crippen LogP contribution is -2.39. The number of aromatic nitrogens is 3. The van der Waals surface area contributed by atoms with E-state index in [4.69, 9.17) is 5.84 Å². The first kappa shape index (κ1) is 20.2. The Balaban J connectivity index is 1.40. The van der Waals surface area contributed by atoms with E-state index in [-0.39, 0.29) is 17.7 Å². The molecule has 0 fully saturated rings. The minimum Gasteiger partial charge on any atom is -0.335 e. The third-order valence-electron chi connectivity index (χ3n) is 5.02. The predicted molar refractivity (Wildman–Crippen MR) is 128 cm³/mol. The summed E-state index contributed by atoms with van der Waals surface area (Å²) in [7, 11) is 0. The molecule has 0 saturated heterocycles. The van der Waals surface area contributed by atoms with Gasteiger partial charge < -0.3 is 10.7 Å². The number of thioether (sulfide) groups is 2. The van der Waals surface area contributed by atoms with Gasteiger partial charge in [-0.3, -0.25) is 4.79 Å². The minimum atomic E-state index is -0.0216. The number of amides is 1. The molecule has 4 aromatic rings. The summed E-state index contributed by atoms with van der Waals surface area (Å²) >= 11 is 4.65. The van der Waals surface area contributed by atoms with E-state index in [0.29, 0.717) is 11.0 Å². The molecule has 1 aliphatic heterocycles. The molecule has 1 atom stereocenters. The number of nitrogens with zero attached hydrogens (tertiary/aromatic N) is 4. The SMILES string of the molecule is Nn1c(SCC(=O)N2c3ccccc3SCC2c2ccccc2)nnc1-c1cccs1. The van der Waals surface area contributed by atoms with Gasteiger partial charge in [0.05, 0.1) is 22.4 Å². The third kappa shape index (κ3) is 3.96. The largest absolute Gasteiger partial charge is 0.335 e. The Morgan fingerprint density at radius 1 is 1.06 bits per heavy atom. The number of nitrogens with two attached hydrogens (primary N) is 1. The van der Waals surface area contributed by atoms with Gasteiger partial charge in [0.25, 0.3) is 0 Å². The highest BCUT2D eigenvalue weighted by Gasteiger charge is 2.32. The van der Waals surface area contributed by atoms with Crippen molar-refractivity contribution in [3.8, 4) is 10.7 Å². The average molecular weight is 466 g/mol. The summed E-state index contributed by atoms with van der Waals surface area (Å²) < 4.78 is 1.46. The summed E-state index contributed by atoms with van der Waals surface area (Å²) in [4.78, 5) is 17.5. The molecule has 2 aromatic carbocycles. The van der Waals surface area contributed by atoms with E-state index in [1.807, 2.05) is 58.8 Å². The average Bonchev–Trinajstić information content (AvgIpc) is 3.47. The van der Waals surface area contributed by atoms with E-state index in [9.17, 15) is 4.79 Å². The summed E-state index contributed by atoms with van der Waals surface area (Å²) in [5.41, 5.74) is 2.08. The third-order valence-corrected chi connectivity index (χ3v) is 7.95. The van der Waals surface area contributed by atoms with Crippen molar-refractivity contribution in [3.63, 3.8) is 0 Å². The van der Waals surface area contributed by atoms with Crippen molar-refractivity contribution in [1.82, 2.24) is 14.9 Å². The first-order chi connectivity index (χ1) is 15.2. The van der Waals surface area contributed by atoms with Crippen molar-refractivity contribution < 1.29 is 4.79 Å². The number of para-hydroxylation sites is 1. The molecule has 0 bridgehead atoms. The number of hydrogen-bond acceptors (Lipinski definition) is 7. The van der Waals surface area contributed by atoms with Gasteiger partial charge in [0.15, 0.2) is 5.82 Å². The number of carbonyl (C=O) groups excluding carboxylic acids is 1.